The number of primary amides is 1. The molecule has 0 bridgehead atoms. The molecule has 2 radical (unpaired) electrons. The number of carbonyl (C=O) groups excluding carboxylic acids is 2. The topological polar surface area (TPSA) is 137 Å². The largest absolute Gasteiger partial charge is 0.494 e. The fourth-order valence-corrected chi connectivity index (χ4v) is 6.05. The van der Waals surface area contributed by atoms with Gasteiger partial charge in [0, 0.05) is 38.2 Å². The molecule has 14 heteroatoms. The molecule has 1 saturated carbocycles. The first-order valence-electron chi connectivity index (χ1n) is 13.8. The number of fused-ring (bicyclic) bond motifs is 2. The Morgan fingerprint density at radius 2 is 1.96 bits per heavy atom. The van der Waals surface area contributed by atoms with E-state index in [1.54, 1.807) is 19.1 Å². The van der Waals surface area contributed by atoms with Crippen LogP contribution in [0.5, 0.6) is 11.5 Å². The van der Waals surface area contributed by atoms with Crippen LogP contribution in [0.1, 0.15) is 41.4 Å². The summed E-state index contributed by atoms with van der Waals surface area (Å²) in [5.41, 5.74) is 3.66. The maximum absolute atomic E-state index is 15.2. The Hall–Kier alpha value is -3.81. The van der Waals surface area contributed by atoms with E-state index in [1.807, 2.05) is 0 Å². The van der Waals surface area contributed by atoms with Gasteiger partial charge >= 0.3 is 0 Å². The molecular formula is C31H25BBrClF2N4O5. The minimum atomic E-state index is -1.75. The summed E-state index contributed by atoms with van der Waals surface area (Å²) < 4.78 is 41.0. The summed E-state index contributed by atoms with van der Waals surface area (Å²) in [6.45, 7) is 1.12. The number of hydrogen-bond acceptors (Lipinski definition) is 7. The zero-order chi connectivity index (χ0) is 32.4. The van der Waals surface area contributed by atoms with E-state index in [0.717, 1.165) is 6.07 Å². The van der Waals surface area contributed by atoms with Gasteiger partial charge in [-0.3, -0.25) is 14.6 Å². The number of aliphatic hydroxyl groups is 1. The molecule has 0 spiro atoms. The van der Waals surface area contributed by atoms with Gasteiger partial charge in [-0.15, -0.1) is 0 Å². The van der Waals surface area contributed by atoms with E-state index in [-0.39, 0.29) is 63.5 Å². The summed E-state index contributed by atoms with van der Waals surface area (Å²) >= 11 is 9.34. The molecule has 1 aliphatic carbocycles. The maximum atomic E-state index is 15.2. The standard InChI is InChI=1S/C31H25BBrClF2N4O5/c1-30(29(37)42)12-45-26-17(30)9-23(39-25(26)16-8-19(34)21(36)10-20(16)35)31(43,15-3-4-15)11-38-28(41)14-5-13-6-18(33)27(32)40-24(13)22(7-14)44-2/h5-10,15,43H,3-4,11-12H2,1-2H3,(H2,37,42)(H,38,41)/t30-,31+/m0/s1. The van der Waals surface area contributed by atoms with E-state index >= 15 is 4.39 Å². The highest BCUT2D eigenvalue weighted by atomic mass is 79.9. The molecule has 9 nitrogen and oxygen atoms in total. The van der Waals surface area contributed by atoms with Crippen LogP contribution in [0.15, 0.2) is 40.9 Å². The zero-order valence-corrected chi connectivity index (χ0v) is 26.4. The second-order valence-electron chi connectivity index (χ2n) is 11.5. The Labute approximate surface area is 271 Å². The van der Waals surface area contributed by atoms with Gasteiger partial charge in [-0.2, -0.15) is 0 Å². The van der Waals surface area contributed by atoms with Gasteiger partial charge in [0.05, 0.1) is 24.4 Å². The number of carbonyl (C=O) groups is 2. The van der Waals surface area contributed by atoms with Crippen molar-refractivity contribution < 1.29 is 33.0 Å². The van der Waals surface area contributed by atoms with Crippen molar-refractivity contribution >= 4 is 63.7 Å². The van der Waals surface area contributed by atoms with Crippen LogP contribution in [0.2, 0.25) is 5.02 Å². The Balaban J connectivity index is 1.42. The Morgan fingerprint density at radius 3 is 2.62 bits per heavy atom. The SMILES string of the molecule is [B]c1nc2c(OC)cc(C(=O)NC[C@](O)(c3cc4c(c(-c5cc(Cl)c(F)cc5F)n3)OC[C@]4(C)C(N)=O)C3CC3)cc2cc1Br. The number of nitrogens with two attached hydrogens (primary N) is 1. The summed E-state index contributed by atoms with van der Waals surface area (Å²) in [6.07, 6.45) is 1.23. The highest BCUT2D eigenvalue weighted by Crippen LogP contribution is 2.50. The van der Waals surface area contributed by atoms with Gasteiger partial charge in [-0.25, -0.2) is 13.8 Å². The van der Waals surface area contributed by atoms with Gasteiger partial charge in [0.2, 0.25) is 5.91 Å². The van der Waals surface area contributed by atoms with Crippen molar-refractivity contribution in [2.75, 3.05) is 20.3 Å². The zero-order valence-electron chi connectivity index (χ0n) is 24.0. The number of aromatic nitrogens is 2. The number of nitrogens with zero attached hydrogens (tertiary/aromatic N) is 2. The third-order valence-corrected chi connectivity index (χ3v) is 9.37. The lowest BCUT2D eigenvalue weighted by atomic mass is 9.81. The minimum absolute atomic E-state index is 0.0524. The molecule has 2 aliphatic rings. The predicted octanol–water partition coefficient (Wildman–Crippen LogP) is 3.96. The van der Waals surface area contributed by atoms with Crippen molar-refractivity contribution in [2.45, 2.75) is 30.8 Å². The normalized spacial score (nSPS) is 18.6. The Kier molecular flexibility index (Phi) is 7.77. The maximum Gasteiger partial charge on any atom is 0.251 e. The molecule has 2 amide bonds. The second kappa shape index (κ2) is 11.2. The van der Waals surface area contributed by atoms with E-state index in [2.05, 4.69) is 31.2 Å². The van der Waals surface area contributed by atoms with Crippen molar-refractivity contribution in [3.63, 3.8) is 0 Å². The molecule has 2 aromatic carbocycles. The number of methoxy groups -OCH3 is 1. The lowest BCUT2D eigenvalue weighted by Crippen LogP contribution is -2.44. The van der Waals surface area contributed by atoms with Gasteiger partial charge in [-0.05, 0) is 71.9 Å². The molecular weight excluding hydrogens is 673 g/mol. The van der Waals surface area contributed by atoms with E-state index in [0.29, 0.717) is 40.0 Å². The number of nitrogens with one attached hydrogen (secondary N) is 1. The molecule has 2 aromatic heterocycles. The van der Waals surface area contributed by atoms with E-state index < -0.39 is 34.5 Å². The number of halogens is 4. The highest BCUT2D eigenvalue weighted by Gasteiger charge is 2.50. The molecule has 230 valence electrons. The Bertz CT molecular complexity index is 1930. The number of ether oxygens (including phenoxy) is 2. The molecule has 3 heterocycles. The third kappa shape index (κ3) is 5.30. The van der Waals surface area contributed by atoms with Crippen molar-refractivity contribution in [3.8, 4) is 22.8 Å². The number of benzene rings is 2. The number of hydrogen-bond donors (Lipinski definition) is 3. The van der Waals surface area contributed by atoms with Crippen LogP contribution in [0.3, 0.4) is 0 Å². The second-order valence-corrected chi connectivity index (χ2v) is 12.7. The molecule has 6 rings (SSSR count). The van der Waals surface area contributed by atoms with Crippen LogP contribution >= 0.6 is 27.5 Å². The van der Waals surface area contributed by atoms with Crippen molar-refractivity contribution in [1.82, 2.24) is 15.3 Å². The van der Waals surface area contributed by atoms with Gasteiger partial charge in [0.1, 0.15) is 59.8 Å². The quantitative estimate of drug-likeness (QED) is 0.187. The average Bonchev–Trinajstić information content (AvgIpc) is 3.81. The number of pyridine rings is 2. The Morgan fingerprint density at radius 1 is 1.22 bits per heavy atom. The van der Waals surface area contributed by atoms with E-state index in [4.69, 9.17) is 34.7 Å². The van der Waals surface area contributed by atoms with Crippen LogP contribution in [0.25, 0.3) is 22.2 Å². The summed E-state index contributed by atoms with van der Waals surface area (Å²) in [5, 5.41) is 15.2. The molecule has 0 unspecified atom stereocenters. The molecule has 1 aliphatic heterocycles. The lowest BCUT2D eigenvalue weighted by molar-refractivity contribution is -0.123. The van der Waals surface area contributed by atoms with Crippen LogP contribution in [0, 0.1) is 17.6 Å². The van der Waals surface area contributed by atoms with E-state index in [9.17, 15) is 19.1 Å². The predicted molar refractivity (Wildman–Crippen MR) is 167 cm³/mol. The van der Waals surface area contributed by atoms with Gasteiger partial charge in [0.15, 0.2) is 0 Å². The fourth-order valence-electron chi connectivity index (χ4n) is 5.55. The molecule has 4 aromatic rings. The molecule has 0 saturated heterocycles. The summed E-state index contributed by atoms with van der Waals surface area (Å²) in [5.74, 6) is -3.12. The van der Waals surface area contributed by atoms with Crippen molar-refractivity contribution in [3.05, 3.63) is 74.3 Å². The molecule has 4 N–H and O–H groups in total. The lowest BCUT2D eigenvalue weighted by Gasteiger charge is -2.30. The monoisotopic (exact) mass is 696 g/mol. The number of rotatable bonds is 8. The first-order valence-corrected chi connectivity index (χ1v) is 15.0. The van der Waals surface area contributed by atoms with Gasteiger partial charge in [0.25, 0.3) is 5.91 Å². The van der Waals surface area contributed by atoms with Crippen LogP contribution < -0.4 is 26.1 Å². The molecule has 45 heavy (non-hydrogen) atoms. The minimum Gasteiger partial charge on any atom is -0.494 e. The van der Waals surface area contributed by atoms with Crippen molar-refractivity contribution in [1.29, 1.82) is 0 Å². The number of amides is 2. The summed E-state index contributed by atoms with van der Waals surface area (Å²) in [4.78, 5) is 35.0. The van der Waals surface area contributed by atoms with Crippen LogP contribution in [-0.2, 0) is 15.8 Å². The molecule has 2 atom stereocenters. The smallest absolute Gasteiger partial charge is 0.251 e. The average molecular weight is 698 g/mol. The van der Waals surface area contributed by atoms with Gasteiger partial charge in [-0.1, -0.05) is 11.6 Å². The van der Waals surface area contributed by atoms with Crippen LogP contribution in [0.4, 0.5) is 8.78 Å². The van der Waals surface area contributed by atoms with Crippen LogP contribution in [-0.4, -0.2) is 55.0 Å². The fraction of sp³-hybridized carbons (Fsp3) is 0.290. The first-order chi connectivity index (χ1) is 21.3. The molecule has 1 fully saturated rings. The first kappa shape index (κ1) is 31.2. The highest BCUT2D eigenvalue weighted by molar-refractivity contribution is 9.10. The van der Waals surface area contributed by atoms with E-state index in [1.165, 1.54) is 19.2 Å². The summed E-state index contributed by atoms with van der Waals surface area (Å²) in [7, 11) is 7.37. The van der Waals surface area contributed by atoms with Gasteiger partial charge < -0.3 is 25.6 Å². The third-order valence-electron chi connectivity index (χ3n) is 8.44. The summed E-state index contributed by atoms with van der Waals surface area (Å²) in [6, 6.07) is 8.02. The van der Waals surface area contributed by atoms with Crippen molar-refractivity contribution in [2.24, 2.45) is 11.7 Å².